The van der Waals surface area contributed by atoms with E-state index in [4.69, 9.17) is 9.47 Å². The fourth-order valence-electron chi connectivity index (χ4n) is 7.45. The molecule has 1 aliphatic rings. The Morgan fingerprint density at radius 3 is 1.39 bits per heavy atom. The van der Waals surface area contributed by atoms with Crippen LogP contribution < -0.4 is 9.47 Å². The van der Waals surface area contributed by atoms with E-state index in [1.807, 2.05) is 12.1 Å². The largest absolute Gasteiger partial charge is 0.449 e. The molecule has 214 valence electrons. The van der Waals surface area contributed by atoms with Crippen molar-refractivity contribution in [2.75, 3.05) is 0 Å². The van der Waals surface area contributed by atoms with Gasteiger partial charge in [-0.2, -0.15) is 0 Å². The molecule has 9 aromatic rings. The molecule has 2 heteroatoms. The van der Waals surface area contributed by atoms with E-state index in [0.29, 0.717) is 0 Å². The lowest BCUT2D eigenvalue weighted by Crippen LogP contribution is -2.01. The van der Waals surface area contributed by atoms with E-state index in [1.54, 1.807) is 0 Å². The van der Waals surface area contributed by atoms with Gasteiger partial charge in [-0.3, -0.25) is 0 Å². The van der Waals surface area contributed by atoms with Crippen molar-refractivity contribution in [3.05, 3.63) is 158 Å². The first-order valence-corrected chi connectivity index (χ1v) is 15.7. The summed E-state index contributed by atoms with van der Waals surface area (Å²) >= 11 is 0. The first-order valence-electron chi connectivity index (χ1n) is 15.7. The highest BCUT2D eigenvalue weighted by molar-refractivity contribution is 6.26. The number of hydrogen-bond acceptors (Lipinski definition) is 2. The molecule has 1 heterocycles. The Labute approximate surface area is 265 Å². The third-order valence-electron chi connectivity index (χ3n) is 9.46. The van der Waals surface area contributed by atoms with Gasteiger partial charge in [0.15, 0.2) is 23.0 Å². The molecule has 0 radical (unpaired) electrons. The summed E-state index contributed by atoms with van der Waals surface area (Å²) in [6, 6.07) is 56.1. The SMILES string of the molecule is c1cc2c(c(-c3c4ccccc4c(-c4cc5ccccc5c5ccccc45)c4ccccc34)c1)Oc1cc3ccccc3cc1O2. The molecule has 0 atom stereocenters. The fraction of sp³-hybridized carbons (Fsp3) is 0. The van der Waals surface area contributed by atoms with Crippen molar-refractivity contribution < 1.29 is 9.47 Å². The standard InChI is InChI=1S/C44H26O2/c1-2-13-28-26-41-40(25-27(28)12-1)45-39-23-11-22-37(44(39)46-41)42-33-18-7-9-20-35(33)43(36-21-10-8-19-34(36)42)38-24-29-14-3-4-15-30(29)31-16-5-6-17-32(31)38/h1-26H. The zero-order valence-corrected chi connectivity index (χ0v) is 24.8. The van der Waals surface area contributed by atoms with E-state index in [2.05, 4.69) is 146 Å². The van der Waals surface area contributed by atoms with Crippen LogP contribution in [0.4, 0.5) is 0 Å². The third kappa shape index (κ3) is 3.65. The lowest BCUT2D eigenvalue weighted by Gasteiger charge is -2.25. The molecule has 0 bridgehead atoms. The molecular weight excluding hydrogens is 560 g/mol. The Bertz CT molecular complexity index is 2650. The second kappa shape index (κ2) is 9.69. The molecule has 0 amide bonds. The van der Waals surface area contributed by atoms with Gasteiger partial charge in [-0.15, -0.1) is 0 Å². The van der Waals surface area contributed by atoms with Crippen LogP contribution >= 0.6 is 0 Å². The van der Waals surface area contributed by atoms with Crippen molar-refractivity contribution in [2.45, 2.75) is 0 Å². The van der Waals surface area contributed by atoms with Gasteiger partial charge >= 0.3 is 0 Å². The minimum Gasteiger partial charge on any atom is -0.449 e. The summed E-state index contributed by atoms with van der Waals surface area (Å²) in [6.45, 7) is 0. The third-order valence-corrected chi connectivity index (χ3v) is 9.46. The Morgan fingerprint density at radius 2 is 0.761 bits per heavy atom. The monoisotopic (exact) mass is 586 g/mol. The summed E-state index contributed by atoms with van der Waals surface area (Å²) < 4.78 is 13.3. The zero-order chi connectivity index (χ0) is 30.2. The molecule has 0 N–H and O–H groups in total. The van der Waals surface area contributed by atoms with Crippen LogP contribution in [0.1, 0.15) is 0 Å². The molecule has 0 unspecified atom stereocenters. The summed E-state index contributed by atoms with van der Waals surface area (Å²) in [5, 5.41) is 12.0. The summed E-state index contributed by atoms with van der Waals surface area (Å²) in [4.78, 5) is 0. The topological polar surface area (TPSA) is 18.5 Å². The predicted octanol–water partition coefficient (Wildman–Crippen LogP) is 12.7. The maximum absolute atomic E-state index is 6.76. The molecule has 0 spiro atoms. The molecule has 2 nitrogen and oxygen atoms in total. The summed E-state index contributed by atoms with van der Waals surface area (Å²) in [5.41, 5.74) is 4.64. The highest BCUT2D eigenvalue weighted by atomic mass is 16.6. The summed E-state index contributed by atoms with van der Waals surface area (Å²) in [7, 11) is 0. The fourth-order valence-corrected chi connectivity index (χ4v) is 7.45. The molecule has 1 aliphatic heterocycles. The molecule has 0 saturated heterocycles. The lowest BCUT2D eigenvalue weighted by molar-refractivity contribution is 0.361. The Hall–Kier alpha value is -6.12. The van der Waals surface area contributed by atoms with E-state index in [0.717, 1.165) is 44.9 Å². The van der Waals surface area contributed by atoms with E-state index in [9.17, 15) is 0 Å². The number of para-hydroxylation sites is 1. The highest BCUT2D eigenvalue weighted by Crippen LogP contribution is 2.54. The van der Waals surface area contributed by atoms with E-state index < -0.39 is 0 Å². The van der Waals surface area contributed by atoms with Gasteiger partial charge in [-0.25, -0.2) is 0 Å². The van der Waals surface area contributed by atoms with Gasteiger partial charge in [-0.1, -0.05) is 133 Å². The normalized spacial score (nSPS) is 12.3. The van der Waals surface area contributed by atoms with Crippen molar-refractivity contribution >= 4 is 53.9 Å². The van der Waals surface area contributed by atoms with Crippen LogP contribution in [0.2, 0.25) is 0 Å². The highest BCUT2D eigenvalue weighted by Gasteiger charge is 2.26. The molecule has 10 rings (SSSR count). The number of benzene rings is 9. The first kappa shape index (κ1) is 25.2. The Kier molecular flexibility index (Phi) is 5.31. The van der Waals surface area contributed by atoms with E-state index >= 15 is 0 Å². The average molecular weight is 587 g/mol. The van der Waals surface area contributed by atoms with Crippen LogP contribution in [0.15, 0.2) is 158 Å². The minimum atomic E-state index is 0.720. The van der Waals surface area contributed by atoms with E-state index in [1.165, 1.54) is 54.2 Å². The zero-order valence-electron chi connectivity index (χ0n) is 24.8. The van der Waals surface area contributed by atoms with Crippen LogP contribution in [0.5, 0.6) is 23.0 Å². The van der Waals surface area contributed by atoms with Gasteiger partial charge in [0.25, 0.3) is 0 Å². The number of ether oxygens (including phenoxy) is 2. The van der Waals surface area contributed by atoms with Crippen molar-refractivity contribution in [3.63, 3.8) is 0 Å². The van der Waals surface area contributed by atoms with Gasteiger partial charge in [0, 0.05) is 11.1 Å². The Balaban J connectivity index is 1.28. The van der Waals surface area contributed by atoms with Crippen LogP contribution in [-0.2, 0) is 0 Å². The molecular formula is C44H26O2. The van der Waals surface area contributed by atoms with Crippen LogP contribution in [0, 0.1) is 0 Å². The molecule has 0 fully saturated rings. The Morgan fingerprint density at radius 1 is 0.283 bits per heavy atom. The number of hydrogen-bond donors (Lipinski definition) is 0. The van der Waals surface area contributed by atoms with Gasteiger partial charge in [0.1, 0.15) is 0 Å². The molecule has 9 aromatic carbocycles. The number of fused-ring (bicyclic) bond motifs is 8. The summed E-state index contributed by atoms with van der Waals surface area (Å²) in [6.07, 6.45) is 0. The molecule has 0 aromatic heterocycles. The number of rotatable bonds is 2. The maximum atomic E-state index is 6.76. The first-order chi connectivity index (χ1) is 22.8. The minimum absolute atomic E-state index is 0.720. The second-order valence-electron chi connectivity index (χ2n) is 12.0. The van der Waals surface area contributed by atoms with Crippen molar-refractivity contribution in [1.29, 1.82) is 0 Å². The van der Waals surface area contributed by atoms with Crippen molar-refractivity contribution in [3.8, 4) is 45.3 Å². The van der Waals surface area contributed by atoms with Gasteiger partial charge in [0.2, 0.25) is 0 Å². The van der Waals surface area contributed by atoms with Gasteiger partial charge in [0.05, 0.1) is 0 Å². The maximum Gasteiger partial charge on any atom is 0.177 e. The molecule has 0 saturated carbocycles. The van der Waals surface area contributed by atoms with Crippen LogP contribution in [0.25, 0.3) is 76.1 Å². The quantitative estimate of drug-likeness (QED) is 0.148. The summed E-state index contributed by atoms with van der Waals surface area (Å²) in [5.74, 6) is 2.92. The average Bonchev–Trinajstić information content (AvgIpc) is 3.11. The van der Waals surface area contributed by atoms with Crippen molar-refractivity contribution in [1.82, 2.24) is 0 Å². The van der Waals surface area contributed by atoms with E-state index in [-0.39, 0.29) is 0 Å². The van der Waals surface area contributed by atoms with Gasteiger partial charge in [-0.05, 0) is 89.3 Å². The van der Waals surface area contributed by atoms with Gasteiger partial charge < -0.3 is 9.47 Å². The van der Waals surface area contributed by atoms with Crippen LogP contribution in [0.3, 0.4) is 0 Å². The lowest BCUT2D eigenvalue weighted by atomic mass is 9.83. The smallest absolute Gasteiger partial charge is 0.177 e. The molecule has 46 heavy (non-hydrogen) atoms. The second-order valence-corrected chi connectivity index (χ2v) is 12.0. The van der Waals surface area contributed by atoms with Crippen molar-refractivity contribution in [2.24, 2.45) is 0 Å². The predicted molar refractivity (Wildman–Crippen MR) is 191 cm³/mol. The van der Waals surface area contributed by atoms with Crippen LogP contribution in [-0.4, -0.2) is 0 Å². The molecule has 0 aliphatic carbocycles.